The van der Waals surface area contributed by atoms with Gasteiger partial charge in [-0.1, -0.05) is 0 Å². The van der Waals surface area contributed by atoms with Gasteiger partial charge >= 0.3 is 6.09 Å². The molecular weight excluding hydrogens is 306 g/mol. The van der Waals surface area contributed by atoms with E-state index in [1.54, 1.807) is 33.1 Å². The van der Waals surface area contributed by atoms with Crippen molar-refractivity contribution in [2.75, 3.05) is 27.9 Å². The molecule has 0 unspecified atom stereocenters. The van der Waals surface area contributed by atoms with Crippen LogP contribution in [0.1, 0.15) is 13.8 Å². The first-order valence-electron chi connectivity index (χ1n) is 6.83. The molecule has 1 saturated heterocycles. The van der Waals surface area contributed by atoms with Gasteiger partial charge in [0.15, 0.2) is 0 Å². The monoisotopic (exact) mass is 327 g/mol. The Balaban J connectivity index is 2.33. The summed E-state index contributed by atoms with van der Waals surface area (Å²) >= 11 is 1.57. The molecule has 6 nitrogen and oxygen atoms in total. The van der Waals surface area contributed by atoms with Crippen molar-refractivity contribution in [2.24, 2.45) is 0 Å². The number of alkyl carbamates (subject to hydrolysis) is 1. The van der Waals surface area contributed by atoms with Crippen LogP contribution in [-0.2, 0) is 4.74 Å². The highest BCUT2D eigenvalue weighted by atomic mass is 32.2. The Morgan fingerprint density at radius 2 is 1.77 bits per heavy atom. The summed E-state index contributed by atoms with van der Waals surface area (Å²) in [4.78, 5) is 12.1. The number of rotatable bonds is 6. The minimum Gasteiger partial charge on any atom is -0.496 e. The van der Waals surface area contributed by atoms with Gasteiger partial charge < -0.3 is 24.3 Å². The molecule has 2 rings (SSSR count). The van der Waals surface area contributed by atoms with Crippen molar-refractivity contribution < 1.29 is 23.7 Å². The third-order valence-electron chi connectivity index (χ3n) is 3.55. The topological polar surface area (TPSA) is 66.0 Å². The van der Waals surface area contributed by atoms with E-state index in [2.05, 4.69) is 5.32 Å². The van der Waals surface area contributed by atoms with E-state index in [0.29, 0.717) is 23.9 Å². The second-order valence-electron chi connectivity index (χ2n) is 5.36. The van der Waals surface area contributed by atoms with Crippen molar-refractivity contribution in [3.63, 3.8) is 0 Å². The zero-order chi connectivity index (χ0) is 16.3. The highest BCUT2D eigenvalue weighted by molar-refractivity contribution is 8.00. The third kappa shape index (κ3) is 3.35. The van der Waals surface area contributed by atoms with Crippen molar-refractivity contribution >= 4 is 17.9 Å². The molecule has 0 aromatic heterocycles. The van der Waals surface area contributed by atoms with Crippen LogP contribution in [0.25, 0.3) is 0 Å². The molecule has 1 N–H and O–H groups in total. The first-order chi connectivity index (χ1) is 10.4. The molecule has 1 aromatic carbocycles. The SMILES string of the molecule is COc1cc(OC)c(SC(C)(C)[C@@H]2COC(=O)N2)c(OC)c1. The maximum Gasteiger partial charge on any atom is 0.407 e. The maximum atomic E-state index is 11.3. The first-order valence-corrected chi connectivity index (χ1v) is 7.65. The fourth-order valence-corrected chi connectivity index (χ4v) is 3.45. The molecule has 122 valence electrons. The number of carbonyl (C=O) groups excluding carboxylic acids is 1. The summed E-state index contributed by atoms with van der Waals surface area (Å²) in [7, 11) is 4.80. The highest BCUT2D eigenvalue weighted by Crippen LogP contribution is 2.47. The van der Waals surface area contributed by atoms with Gasteiger partial charge in [-0.2, -0.15) is 0 Å². The third-order valence-corrected chi connectivity index (χ3v) is 4.96. The minimum atomic E-state index is -0.382. The van der Waals surface area contributed by atoms with Gasteiger partial charge in [-0.3, -0.25) is 0 Å². The molecule has 0 bridgehead atoms. The Morgan fingerprint density at radius 1 is 1.18 bits per heavy atom. The fourth-order valence-electron chi connectivity index (χ4n) is 2.17. The average Bonchev–Trinajstić information content (AvgIpc) is 2.94. The molecule has 22 heavy (non-hydrogen) atoms. The Labute approximate surface area is 134 Å². The predicted molar refractivity (Wildman–Crippen MR) is 84.3 cm³/mol. The van der Waals surface area contributed by atoms with Crippen molar-refractivity contribution in [1.82, 2.24) is 5.32 Å². The minimum absolute atomic E-state index is 0.0958. The number of ether oxygens (including phenoxy) is 4. The van der Waals surface area contributed by atoms with Crippen LogP contribution in [0.5, 0.6) is 17.2 Å². The maximum absolute atomic E-state index is 11.3. The Morgan fingerprint density at radius 3 is 2.18 bits per heavy atom. The molecule has 7 heteroatoms. The Bertz CT molecular complexity index is 536. The van der Waals surface area contributed by atoms with Gasteiger partial charge in [0.05, 0.1) is 32.3 Å². The summed E-state index contributed by atoms with van der Waals surface area (Å²) in [6.07, 6.45) is -0.382. The van der Waals surface area contributed by atoms with E-state index in [9.17, 15) is 4.79 Å². The second-order valence-corrected chi connectivity index (χ2v) is 7.03. The number of nitrogens with one attached hydrogen (secondary N) is 1. The fraction of sp³-hybridized carbons (Fsp3) is 0.533. The number of cyclic esters (lactones) is 1. The van der Waals surface area contributed by atoms with E-state index in [0.717, 1.165) is 4.90 Å². The number of hydrogen-bond donors (Lipinski definition) is 1. The van der Waals surface area contributed by atoms with Crippen LogP contribution in [0.2, 0.25) is 0 Å². The number of carbonyl (C=O) groups is 1. The molecule has 1 fully saturated rings. The molecule has 0 saturated carbocycles. The number of thioether (sulfide) groups is 1. The summed E-state index contributed by atoms with van der Waals surface area (Å²) in [6, 6.07) is 3.52. The summed E-state index contributed by atoms with van der Waals surface area (Å²) in [5.41, 5.74) is 0. The van der Waals surface area contributed by atoms with E-state index in [1.807, 2.05) is 26.0 Å². The molecule has 1 aromatic rings. The average molecular weight is 327 g/mol. The van der Waals surface area contributed by atoms with E-state index < -0.39 is 0 Å². The summed E-state index contributed by atoms with van der Waals surface area (Å²) in [5, 5.41) is 2.82. The van der Waals surface area contributed by atoms with Gasteiger partial charge in [0, 0.05) is 16.9 Å². The molecule has 0 spiro atoms. The largest absolute Gasteiger partial charge is 0.496 e. The molecule has 1 amide bonds. The zero-order valence-corrected chi connectivity index (χ0v) is 14.2. The van der Waals surface area contributed by atoms with Gasteiger partial charge in [0.1, 0.15) is 23.9 Å². The van der Waals surface area contributed by atoms with E-state index >= 15 is 0 Å². The smallest absolute Gasteiger partial charge is 0.407 e. The summed E-state index contributed by atoms with van der Waals surface area (Å²) in [5.74, 6) is 1.99. The lowest BCUT2D eigenvalue weighted by Gasteiger charge is -2.30. The molecule has 1 heterocycles. The lowest BCUT2D eigenvalue weighted by Crippen LogP contribution is -2.43. The van der Waals surface area contributed by atoms with Crippen LogP contribution < -0.4 is 19.5 Å². The predicted octanol–water partition coefficient (Wildman–Crippen LogP) is 2.69. The number of hydrogen-bond acceptors (Lipinski definition) is 6. The Hall–Kier alpha value is -1.76. The van der Waals surface area contributed by atoms with E-state index in [4.69, 9.17) is 18.9 Å². The summed E-state index contributed by atoms with van der Waals surface area (Å²) in [6.45, 7) is 4.43. The van der Waals surface area contributed by atoms with Gasteiger partial charge in [-0.25, -0.2) is 4.79 Å². The lowest BCUT2D eigenvalue weighted by molar-refractivity contribution is 0.176. The van der Waals surface area contributed by atoms with Crippen LogP contribution in [0, 0.1) is 0 Å². The van der Waals surface area contributed by atoms with Gasteiger partial charge in [0.2, 0.25) is 0 Å². The van der Waals surface area contributed by atoms with Crippen LogP contribution in [0.4, 0.5) is 4.79 Å². The van der Waals surface area contributed by atoms with Gasteiger partial charge in [-0.05, 0) is 13.8 Å². The quantitative estimate of drug-likeness (QED) is 0.811. The van der Waals surface area contributed by atoms with E-state index in [-0.39, 0.29) is 16.9 Å². The molecule has 0 radical (unpaired) electrons. The molecule has 1 atom stereocenters. The molecule has 1 aliphatic rings. The van der Waals surface area contributed by atoms with Gasteiger partial charge in [0.25, 0.3) is 0 Å². The number of amides is 1. The van der Waals surface area contributed by atoms with Crippen LogP contribution in [0.15, 0.2) is 17.0 Å². The molecule has 1 aliphatic heterocycles. The molecular formula is C15H21NO5S. The van der Waals surface area contributed by atoms with Crippen molar-refractivity contribution in [3.8, 4) is 17.2 Å². The number of benzene rings is 1. The van der Waals surface area contributed by atoms with Crippen LogP contribution >= 0.6 is 11.8 Å². The standard InChI is InChI=1S/C15H21NO5S/c1-15(2,12-8-21-14(17)16-12)22-13-10(19-4)6-9(18-3)7-11(13)20-5/h6-7,12H,8H2,1-5H3,(H,16,17)/t12-/m0/s1. The van der Waals surface area contributed by atoms with Gasteiger partial charge in [-0.15, -0.1) is 11.8 Å². The van der Waals surface area contributed by atoms with Crippen molar-refractivity contribution in [1.29, 1.82) is 0 Å². The normalized spacial score (nSPS) is 17.7. The molecule has 0 aliphatic carbocycles. The van der Waals surface area contributed by atoms with E-state index in [1.165, 1.54) is 0 Å². The highest BCUT2D eigenvalue weighted by Gasteiger charge is 2.38. The first kappa shape index (κ1) is 16.6. The number of methoxy groups -OCH3 is 3. The van der Waals surface area contributed by atoms with Crippen molar-refractivity contribution in [3.05, 3.63) is 12.1 Å². The second kappa shape index (κ2) is 6.56. The summed E-state index contributed by atoms with van der Waals surface area (Å²) < 4.78 is 20.9. The van der Waals surface area contributed by atoms with Crippen molar-refractivity contribution in [2.45, 2.75) is 29.5 Å². The van der Waals surface area contributed by atoms with Crippen LogP contribution in [-0.4, -0.2) is 44.8 Å². The zero-order valence-electron chi connectivity index (χ0n) is 13.4. The lowest BCUT2D eigenvalue weighted by atomic mass is 10.1. The Kier molecular flexibility index (Phi) is 4.95. The van der Waals surface area contributed by atoms with Crippen LogP contribution in [0.3, 0.4) is 0 Å².